The Morgan fingerprint density at radius 2 is 2.19 bits per heavy atom. The maximum atomic E-state index is 12.5. The molecule has 0 radical (unpaired) electrons. The molecule has 2 heterocycles. The lowest BCUT2D eigenvalue weighted by atomic mass is 10.1. The van der Waals surface area contributed by atoms with Gasteiger partial charge in [0.2, 0.25) is 0 Å². The third-order valence-corrected chi connectivity index (χ3v) is 3.32. The summed E-state index contributed by atoms with van der Waals surface area (Å²) >= 11 is 6.00. The lowest BCUT2D eigenvalue weighted by Gasteiger charge is -2.16. The van der Waals surface area contributed by atoms with Crippen molar-refractivity contribution in [2.45, 2.75) is 26.3 Å². The molecule has 112 valence electrons. The maximum Gasteiger partial charge on any atom is 0.254 e. The molecule has 0 bridgehead atoms. The molecule has 0 aromatic carbocycles. The molecule has 2 aromatic heterocycles. The zero-order valence-electron chi connectivity index (χ0n) is 12.5. The van der Waals surface area contributed by atoms with Crippen molar-refractivity contribution < 1.29 is 4.79 Å². The van der Waals surface area contributed by atoms with E-state index in [0.29, 0.717) is 17.3 Å². The first kappa shape index (κ1) is 15.5. The molecule has 0 fully saturated rings. The summed E-state index contributed by atoms with van der Waals surface area (Å²) in [7, 11) is 3.62. The number of halogens is 1. The van der Waals surface area contributed by atoms with Crippen LogP contribution in [-0.2, 0) is 20.0 Å². The summed E-state index contributed by atoms with van der Waals surface area (Å²) in [5, 5.41) is 4.46. The van der Waals surface area contributed by atoms with Crippen LogP contribution in [0.15, 0.2) is 24.5 Å². The van der Waals surface area contributed by atoms with Gasteiger partial charge >= 0.3 is 0 Å². The van der Waals surface area contributed by atoms with E-state index in [-0.39, 0.29) is 5.91 Å². The van der Waals surface area contributed by atoms with E-state index in [1.54, 1.807) is 28.9 Å². The Kier molecular flexibility index (Phi) is 4.96. The maximum absolute atomic E-state index is 12.5. The van der Waals surface area contributed by atoms with Gasteiger partial charge in [0.05, 0.1) is 6.20 Å². The number of nitrogens with zero attached hydrogens (tertiary/aromatic N) is 4. The highest BCUT2D eigenvalue weighted by molar-refractivity contribution is 6.29. The van der Waals surface area contributed by atoms with Crippen LogP contribution in [-0.4, -0.2) is 32.6 Å². The Balaban J connectivity index is 2.14. The van der Waals surface area contributed by atoms with Gasteiger partial charge in [-0.05, 0) is 18.6 Å². The molecule has 0 aliphatic rings. The van der Waals surface area contributed by atoms with Gasteiger partial charge in [0.25, 0.3) is 5.91 Å². The number of hydrogen-bond acceptors (Lipinski definition) is 3. The molecule has 0 atom stereocenters. The second kappa shape index (κ2) is 6.72. The molecule has 5 nitrogen and oxygen atoms in total. The van der Waals surface area contributed by atoms with Crippen LogP contribution in [0.1, 0.15) is 35.0 Å². The van der Waals surface area contributed by atoms with Crippen LogP contribution in [0.4, 0.5) is 0 Å². The molecule has 6 heteroatoms. The molecular weight excluding hydrogens is 288 g/mol. The largest absolute Gasteiger partial charge is 0.337 e. The van der Waals surface area contributed by atoms with Crippen LogP contribution in [0.3, 0.4) is 0 Å². The molecule has 0 aliphatic heterocycles. The molecule has 0 unspecified atom stereocenters. The summed E-state index contributed by atoms with van der Waals surface area (Å²) in [6.45, 7) is 2.58. The number of aryl methyl sites for hydroxylation is 2. The Morgan fingerprint density at radius 1 is 1.43 bits per heavy atom. The predicted octanol–water partition coefficient (Wildman–Crippen LogP) is 2.69. The molecular formula is C15H19ClN4O. The van der Waals surface area contributed by atoms with Gasteiger partial charge in [-0.1, -0.05) is 24.9 Å². The molecule has 2 aromatic rings. The number of carbonyl (C=O) groups is 1. The smallest absolute Gasteiger partial charge is 0.254 e. The SMILES string of the molecule is CCCc1cc(C(=O)N(C)Cc2cnn(C)c2)cc(Cl)n1. The fourth-order valence-electron chi connectivity index (χ4n) is 2.18. The first-order valence-corrected chi connectivity index (χ1v) is 7.27. The highest BCUT2D eigenvalue weighted by Crippen LogP contribution is 2.15. The van der Waals surface area contributed by atoms with E-state index in [9.17, 15) is 4.79 Å². The summed E-state index contributed by atoms with van der Waals surface area (Å²) < 4.78 is 1.72. The second-order valence-corrected chi connectivity index (χ2v) is 5.49. The van der Waals surface area contributed by atoms with Gasteiger partial charge < -0.3 is 4.90 Å². The zero-order chi connectivity index (χ0) is 15.4. The van der Waals surface area contributed by atoms with Gasteiger partial charge in [-0.15, -0.1) is 0 Å². The Hall–Kier alpha value is -1.88. The van der Waals surface area contributed by atoms with Crippen molar-refractivity contribution in [3.63, 3.8) is 0 Å². The van der Waals surface area contributed by atoms with E-state index in [2.05, 4.69) is 17.0 Å². The standard InChI is InChI=1S/C15H19ClN4O/c1-4-5-13-6-12(7-14(16)18-13)15(21)19(2)9-11-8-17-20(3)10-11/h6-8,10H,4-5,9H2,1-3H3. The number of hydrogen-bond donors (Lipinski definition) is 0. The summed E-state index contributed by atoms with van der Waals surface area (Å²) in [4.78, 5) is 18.4. The van der Waals surface area contributed by atoms with Crippen LogP contribution >= 0.6 is 11.6 Å². The molecule has 0 aliphatic carbocycles. The lowest BCUT2D eigenvalue weighted by molar-refractivity contribution is 0.0785. The first-order chi connectivity index (χ1) is 9.99. The van der Waals surface area contributed by atoms with Crippen LogP contribution in [0.5, 0.6) is 0 Å². The van der Waals surface area contributed by atoms with Crippen molar-refractivity contribution in [2.24, 2.45) is 7.05 Å². The molecule has 21 heavy (non-hydrogen) atoms. The second-order valence-electron chi connectivity index (χ2n) is 5.10. The minimum atomic E-state index is -0.0690. The minimum Gasteiger partial charge on any atom is -0.337 e. The quantitative estimate of drug-likeness (QED) is 0.798. The Labute approximate surface area is 129 Å². The fourth-order valence-corrected chi connectivity index (χ4v) is 2.40. The van der Waals surface area contributed by atoms with E-state index < -0.39 is 0 Å². The van der Waals surface area contributed by atoms with Crippen molar-refractivity contribution in [1.82, 2.24) is 19.7 Å². The van der Waals surface area contributed by atoms with Gasteiger partial charge in [0.15, 0.2) is 0 Å². The molecule has 0 N–H and O–H groups in total. The van der Waals surface area contributed by atoms with Crippen molar-refractivity contribution in [1.29, 1.82) is 0 Å². The lowest BCUT2D eigenvalue weighted by Crippen LogP contribution is -2.26. The number of rotatable bonds is 5. The minimum absolute atomic E-state index is 0.0690. The summed E-state index contributed by atoms with van der Waals surface area (Å²) in [6.07, 6.45) is 5.43. The van der Waals surface area contributed by atoms with Crippen LogP contribution in [0.25, 0.3) is 0 Å². The van der Waals surface area contributed by atoms with Gasteiger partial charge in [-0.25, -0.2) is 4.98 Å². The van der Waals surface area contributed by atoms with Crippen molar-refractivity contribution in [2.75, 3.05) is 7.05 Å². The number of pyridine rings is 1. The van der Waals surface area contributed by atoms with E-state index in [4.69, 9.17) is 11.6 Å². The van der Waals surface area contributed by atoms with Gasteiger partial charge in [0, 0.05) is 43.7 Å². The fraction of sp³-hybridized carbons (Fsp3) is 0.400. The number of aromatic nitrogens is 3. The Morgan fingerprint density at radius 3 is 2.81 bits per heavy atom. The molecule has 0 saturated heterocycles. The molecule has 0 spiro atoms. The molecule has 0 saturated carbocycles. The van der Waals surface area contributed by atoms with E-state index in [0.717, 1.165) is 24.1 Å². The predicted molar refractivity (Wildman–Crippen MR) is 82.2 cm³/mol. The van der Waals surface area contributed by atoms with Crippen LogP contribution in [0.2, 0.25) is 5.15 Å². The average molecular weight is 307 g/mol. The third-order valence-electron chi connectivity index (χ3n) is 3.13. The summed E-state index contributed by atoms with van der Waals surface area (Å²) in [5.74, 6) is -0.0690. The topological polar surface area (TPSA) is 51.0 Å². The highest BCUT2D eigenvalue weighted by Gasteiger charge is 2.14. The normalized spacial score (nSPS) is 10.7. The first-order valence-electron chi connectivity index (χ1n) is 6.89. The Bertz CT molecular complexity index is 638. The van der Waals surface area contributed by atoms with Crippen molar-refractivity contribution >= 4 is 17.5 Å². The third kappa shape index (κ3) is 4.04. The van der Waals surface area contributed by atoms with Crippen molar-refractivity contribution in [3.05, 3.63) is 46.5 Å². The summed E-state index contributed by atoms with van der Waals surface area (Å²) in [6, 6.07) is 3.43. The van der Waals surface area contributed by atoms with E-state index >= 15 is 0 Å². The molecule has 2 rings (SSSR count). The average Bonchev–Trinajstić information content (AvgIpc) is 2.83. The monoisotopic (exact) mass is 306 g/mol. The zero-order valence-corrected chi connectivity index (χ0v) is 13.3. The highest BCUT2D eigenvalue weighted by atomic mass is 35.5. The van der Waals surface area contributed by atoms with Crippen LogP contribution in [0, 0.1) is 0 Å². The van der Waals surface area contributed by atoms with Gasteiger partial charge in [-0.2, -0.15) is 5.10 Å². The summed E-state index contributed by atoms with van der Waals surface area (Å²) in [5.41, 5.74) is 2.41. The van der Waals surface area contributed by atoms with Crippen molar-refractivity contribution in [3.8, 4) is 0 Å². The van der Waals surface area contributed by atoms with Crippen LogP contribution < -0.4 is 0 Å². The molecule has 1 amide bonds. The number of carbonyl (C=O) groups excluding carboxylic acids is 1. The van der Waals surface area contributed by atoms with E-state index in [1.807, 2.05) is 19.3 Å². The van der Waals surface area contributed by atoms with Gasteiger partial charge in [-0.3, -0.25) is 9.48 Å². The number of amides is 1. The van der Waals surface area contributed by atoms with Gasteiger partial charge in [0.1, 0.15) is 5.15 Å². The van der Waals surface area contributed by atoms with E-state index in [1.165, 1.54) is 0 Å².